The van der Waals surface area contributed by atoms with Gasteiger partial charge >= 0.3 is 0 Å². The number of hydrogen-bond acceptors (Lipinski definition) is 4. The first-order chi connectivity index (χ1) is 11.3. The molecule has 0 saturated carbocycles. The Morgan fingerprint density at radius 2 is 1.17 bits per heavy atom. The van der Waals surface area contributed by atoms with Crippen LogP contribution in [0, 0.1) is 0 Å². The molecule has 2 heterocycles. The molecule has 0 bridgehead atoms. The summed E-state index contributed by atoms with van der Waals surface area (Å²) < 4.78 is 11.8. The predicted octanol–water partition coefficient (Wildman–Crippen LogP) is 3.92. The lowest BCUT2D eigenvalue weighted by molar-refractivity contribution is 0.279. The van der Waals surface area contributed by atoms with E-state index in [0.717, 1.165) is 35.8 Å². The summed E-state index contributed by atoms with van der Waals surface area (Å²) in [6, 6.07) is 4.23. The van der Waals surface area contributed by atoms with Gasteiger partial charge in [0, 0.05) is 11.1 Å². The van der Waals surface area contributed by atoms with Crippen molar-refractivity contribution in [1.29, 1.82) is 0 Å². The monoisotopic (exact) mass is 328 g/mol. The highest BCUT2D eigenvalue weighted by atomic mass is 16.5. The molecule has 0 spiro atoms. The summed E-state index contributed by atoms with van der Waals surface area (Å²) in [5.41, 5.74) is 4.52. The van der Waals surface area contributed by atoms with Crippen LogP contribution < -0.4 is 0 Å². The summed E-state index contributed by atoms with van der Waals surface area (Å²) in [7, 11) is 0. The third kappa shape index (κ3) is 3.06. The Hall–Kier alpha value is -1.84. The molecule has 0 fully saturated rings. The molecule has 0 atom stereocenters. The molecular weight excluding hydrogens is 300 g/mol. The predicted molar refractivity (Wildman–Crippen MR) is 98.3 cm³/mol. The number of rotatable bonds is 4. The van der Waals surface area contributed by atoms with E-state index in [9.17, 15) is 0 Å². The summed E-state index contributed by atoms with van der Waals surface area (Å²) in [6.07, 6.45) is 1.87. The molecule has 2 aliphatic rings. The van der Waals surface area contributed by atoms with Crippen molar-refractivity contribution >= 4 is 11.8 Å². The number of hydrogen-bond donors (Lipinski definition) is 0. The van der Waals surface area contributed by atoms with Crippen molar-refractivity contribution in [3.05, 3.63) is 34.4 Å². The van der Waals surface area contributed by atoms with Crippen LogP contribution in [0.5, 0.6) is 0 Å². The molecule has 4 heteroatoms. The first-order valence-electron chi connectivity index (χ1n) is 8.87. The van der Waals surface area contributed by atoms with Crippen molar-refractivity contribution in [2.75, 3.05) is 13.2 Å². The molecule has 0 radical (unpaired) electrons. The van der Waals surface area contributed by atoms with Crippen LogP contribution in [-0.4, -0.2) is 36.1 Å². The molecule has 1 aromatic carbocycles. The van der Waals surface area contributed by atoms with Gasteiger partial charge in [0.15, 0.2) is 0 Å². The lowest BCUT2D eigenvalue weighted by atomic mass is 9.92. The molecule has 130 valence electrons. The minimum Gasteiger partial charge on any atom is -0.475 e. The van der Waals surface area contributed by atoms with E-state index in [2.05, 4.69) is 53.7 Å². The van der Waals surface area contributed by atoms with Crippen molar-refractivity contribution in [2.45, 2.75) is 65.5 Å². The van der Waals surface area contributed by atoms with Crippen molar-refractivity contribution in [2.24, 2.45) is 9.98 Å². The summed E-state index contributed by atoms with van der Waals surface area (Å²) in [5, 5.41) is 0. The van der Waals surface area contributed by atoms with Crippen molar-refractivity contribution in [1.82, 2.24) is 0 Å². The zero-order valence-electron chi connectivity index (χ0n) is 15.7. The minimum absolute atomic E-state index is 0.145. The van der Waals surface area contributed by atoms with E-state index in [1.165, 1.54) is 11.1 Å². The quantitative estimate of drug-likeness (QED) is 0.840. The average Bonchev–Trinajstić information content (AvgIpc) is 3.07. The lowest BCUT2D eigenvalue weighted by Crippen LogP contribution is -2.17. The van der Waals surface area contributed by atoms with E-state index in [0.29, 0.717) is 13.2 Å². The van der Waals surface area contributed by atoms with Crippen LogP contribution in [0.15, 0.2) is 22.1 Å². The molecule has 24 heavy (non-hydrogen) atoms. The Morgan fingerprint density at radius 3 is 1.42 bits per heavy atom. The molecule has 1 aromatic rings. The van der Waals surface area contributed by atoms with Gasteiger partial charge in [0.1, 0.15) is 13.2 Å². The van der Waals surface area contributed by atoms with Crippen LogP contribution in [0.1, 0.15) is 63.8 Å². The van der Waals surface area contributed by atoms with Gasteiger partial charge in [-0.3, -0.25) is 0 Å². The number of ether oxygens (including phenoxy) is 2. The van der Waals surface area contributed by atoms with Gasteiger partial charge in [0.05, 0.1) is 11.1 Å². The molecule has 0 saturated heterocycles. The maximum Gasteiger partial charge on any atom is 0.217 e. The Labute approximate surface area is 145 Å². The van der Waals surface area contributed by atoms with E-state index in [1.54, 1.807) is 0 Å². The molecule has 0 N–H and O–H groups in total. The zero-order chi connectivity index (χ0) is 17.5. The van der Waals surface area contributed by atoms with Crippen LogP contribution in [0.25, 0.3) is 0 Å². The Morgan fingerprint density at radius 1 is 0.792 bits per heavy atom. The molecule has 3 rings (SSSR count). The molecule has 0 amide bonds. The number of benzene rings is 1. The smallest absolute Gasteiger partial charge is 0.217 e. The molecule has 0 unspecified atom stereocenters. The maximum absolute atomic E-state index is 5.88. The fourth-order valence-corrected chi connectivity index (χ4v) is 3.35. The standard InChI is InChI=1S/C20H28N2O2/c1-7-13-14(8-2)16(18-22-20(5,6)12-24-18)10-9-15(13)17-21-19(3,4)11-23-17/h9-10H,7-8,11-12H2,1-6H3. The topological polar surface area (TPSA) is 43.2 Å². The minimum atomic E-state index is -0.145. The molecule has 2 aliphatic heterocycles. The van der Waals surface area contributed by atoms with Crippen molar-refractivity contribution in [3.8, 4) is 0 Å². The maximum atomic E-state index is 5.88. The fourth-order valence-electron chi connectivity index (χ4n) is 3.35. The largest absolute Gasteiger partial charge is 0.475 e. The van der Waals surface area contributed by atoms with E-state index < -0.39 is 0 Å². The molecular formula is C20H28N2O2. The summed E-state index contributed by atoms with van der Waals surface area (Å²) >= 11 is 0. The normalized spacial score (nSPS) is 21.1. The Bertz CT molecular complexity index is 654. The summed E-state index contributed by atoms with van der Waals surface area (Å²) in [4.78, 5) is 9.52. The molecule has 0 aliphatic carbocycles. The van der Waals surface area contributed by atoms with E-state index >= 15 is 0 Å². The highest BCUT2D eigenvalue weighted by Gasteiger charge is 2.31. The van der Waals surface area contributed by atoms with Gasteiger partial charge < -0.3 is 9.47 Å². The number of nitrogens with zero attached hydrogens (tertiary/aromatic N) is 2. The average molecular weight is 328 g/mol. The second-order valence-corrected chi connectivity index (χ2v) is 7.86. The summed E-state index contributed by atoms with van der Waals surface area (Å²) in [6.45, 7) is 14.0. The third-order valence-electron chi connectivity index (χ3n) is 4.53. The van der Waals surface area contributed by atoms with E-state index in [-0.39, 0.29) is 11.1 Å². The van der Waals surface area contributed by atoms with Gasteiger partial charge in [-0.15, -0.1) is 0 Å². The molecule has 0 aromatic heterocycles. The highest BCUT2D eigenvalue weighted by Crippen LogP contribution is 2.29. The number of aliphatic imine (C=N–C) groups is 2. The van der Waals surface area contributed by atoms with Gasteiger partial charge in [-0.05, 0) is 63.8 Å². The fraction of sp³-hybridized carbons (Fsp3) is 0.600. The summed E-state index contributed by atoms with van der Waals surface area (Å²) in [5.74, 6) is 1.54. The van der Waals surface area contributed by atoms with Gasteiger partial charge in [-0.1, -0.05) is 13.8 Å². The van der Waals surface area contributed by atoms with Crippen LogP contribution in [0.2, 0.25) is 0 Å². The third-order valence-corrected chi connectivity index (χ3v) is 4.53. The van der Waals surface area contributed by atoms with Crippen molar-refractivity contribution in [3.63, 3.8) is 0 Å². The van der Waals surface area contributed by atoms with Gasteiger partial charge in [-0.2, -0.15) is 0 Å². The zero-order valence-corrected chi connectivity index (χ0v) is 15.7. The van der Waals surface area contributed by atoms with Gasteiger partial charge in [0.2, 0.25) is 11.8 Å². The SMILES string of the molecule is CCc1c(C2=NC(C)(C)CO2)ccc(C2=NC(C)(C)CO2)c1CC. The highest BCUT2D eigenvalue weighted by molar-refractivity contribution is 6.01. The second kappa shape index (κ2) is 5.91. The second-order valence-electron chi connectivity index (χ2n) is 7.86. The van der Waals surface area contributed by atoms with Crippen LogP contribution in [-0.2, 0) is 22.3 Å². The lowest BCUT2D eigenvalue weighted by Gasteiger charge is -2.16. The van der Waals surface area contributed by atoms with Gasteiger partial charge in [-0.25, -0.2) is 9.98 Å². The van der Waals surface area contributed by atoms with Crippen LogP contribution >= 0.6 is 0 Å². The van der Waals surface area contributed by atoms with Crippen LogP contribution in [0.4, 0.5) is 0 Å². The molecule has 4 nitrogen and oxygen atoms in total. The van der Waals surface area contributed by atoms with Crippen molar-refractivity contribution < 1.29 is 9.47 Å². The Kier molecular flexibility index (Phi) is 4.18. The first-order valence-corrected chi connectivity index (χ1v) is 8.87. The van der Waals surface area contributed by atoms with E-state index in [4.69, 9.17) is 19.5 Å². The van der Waals surface area contributed by atoms with Crippen LogP contribution in [0.3, 0.4) is 0 Å². The van der Waals surface area contributed by atoms with Gasteiger partial charge in [0.25, 0.3) is 0 Å². The first kappa shape index (κ1) is 17.0. The van der Waals surface area contributed by atoms with E-state index in [1.807, 2.05) is 0 Å². The Balaban J connectivity index is 2.09.